The molecular formula is C11H22O4. The third-order valence-electron chi connectivity index (χ3n) is 3.23. The Labute approximate surface area is 90.9 Å². The summed E-state index contributed by atoms with van der Waals surface area (Å²) in [4.78, 5) is 0. The highest BCUT2D eigenvalue weighted by Crippen LogP contribution is 2.28. The maximum absolute atomic E-state index is 9.78. The molecule has 0 aromatic carbocycles. The first-order valence-electron chi connectivity index (χ1n) is 5.74. The molecule has 15 heavy (non-hydrogen) atoms. The summed E-state index contributed by atoms with van der Waals surface area (Å²) in [5.41, 5.74) is 0. The molecule has 0 aliphatic carbocycles. The van der Waals surface area contributed by atoms with Crippen LogP contribution < -0.4 is 0 Å². The van der Waals surface area contributed by atoms with Crippen LogP contribution in [-0.4, -0.2) is 46.3 Å². The van der Waals surface area contributed by atoms with E-state index in [-0.39, 0.29) is 18.6 Å². The fourth-order valence-electron chi connectivity index (χ4n) is 2.07. The number of rotatable bonds is 4. The quantitative estimate of drug-likeness (QED) is 0.634. The van der Waals surface area contributed by atoms with E-state index >= 15 is 0 Å². The summed E-state index contributed by atoms with van der Waals surface area (Å²) >= 11 is 0. The van der Waals surface area contributed by atoms with E-state index in [2.05, 4.69) is 6.92 Å². The Bertz CT molecular complexity index is 183. The van der Waals surface area contributed by atoms with Crippen molar-refractivity contribution < 1.29 is 20.1 Å². The van der Waals surface area contributed by atoms with Gasteiger partial charge in [-0.1, -0.05) is 26.7 Å². The van der Waals surface area contributed by atoms with Crippen molar-refractivity contribution in [1.29, 1.82) is 0 Å². The van der Waals surface area contributed by atoms with Crippen LogP contribution in [-0.2, 0) is 4.74 Å². The molecule has 3 N–H and O–H groups in total. The van der Waals surface area contributed by atoms with Crippen LogP contribution >= 0.6 is 0 Å². The van der Waals surface area contributed by atoms with Gasteiger partial charge < -0.3 is 20.1 Å². The van der Waals surface area contributed by atoms with E-state index in [0.29, 0.717) is 0 Å². The third-order valence-corrected chi connectivity index (χ3v) is 3.23. The second-order valence-electron chi connectivity index (χ2n) is 4.38. The molecule has 0 aromatic rings. The normalized spacial score (nSPS) is 41.8. The Morgan fingerprint density at radius 3 is 2.33 bits per heavy atom. The lowest BCUT2D eigenvalue weighted by molar-refractivity contribution is -0.206. The number of aliphatic hydroxyl groups is 3. The number of unbranched alkanes of at least 4 members (excludes halogenated alkanes) is 1. The molecule has 5 atom stereocenters. The standard InChI is InChI=1S/C11H22O4/c1-3-4-5-8-7(2)10(13)11(14)9(6-12)15-8/h7-14H,3-6H2,1-2H3. The second kappa shape index (κ2) is 5.80. The van der Waals surface area contributed by atoms with Crippen LogP contribution in [0.4, 0.5) is 0 Å². The van der Waals surface area contributed by atoms with Crippen molar-refractivity contribution >= 4 is 0 Å². The van der Waals surface area contributed by atoms with Crippen molar-refractivity contribution in [2.75, 3.05) is 6.61 Å². The molecule has 0 saturated carbocycles. The molecular weight excluding hydrogens is 196 g/mol. The summed E-state index contributed by atoms with van der Waals surface area (Å²) in [6, 6.07) is 0. The van der Waals surface area contributed by atoms with E-state index in [1.165, 1.54) is 0 Å². The molecule has 90 valence electrons. The Kier molecular flexibility index (Phi) is 4.99. The highest BCUT2D eigenvalue weighted by molar-refractivity contribution is 4.89. The van der Waals surface area contributed by atoms with E-state index in [1.54, 1.807) is 0 Å². The van der Waals surface area contributed by atoms with Crippen molar-refractivity contribution in [1.82, 2.24) is 0 Å². The predicted molar refractivity (Wildman–Crippen MR) is 56.4 cm³/mol. The Balaban J connectivity index is 2.57. The van der Waals surface area contributed by atoms with Gasteiger partial charge in [0.1, 0.15) is 12.2 Å². The van der Waals surface area contributed by atoms with Crippen molar-refractivity contribution in [3.8, 4) is 0 Å². The summed E-state index contributed by atoms with van der Waals surface area (Å²) in [5.74, 6) is -0.0747. The number of aliphatic hydroxyl groups excluding tert-OH is 3. The Morgan fingerprint density at radius 2 is 1.80 bits per heavy atom. The van der Waals surface area contributed by atoms with Crippen LogP contribution in [0.15, 0.2) is 0 Å². The highest BCUT2D eigenvalue weighted by Gasteiger charge is 2.41. The maximum atomic E-state index is 9.78. The zero-order chi connectivity index (χ0) is 11.4. The summed E-state index contributed by atoms with van der Waals surface area (Å²) in [6.45, 7) is 3.73. The number of hydrogen-bond acceptors (Lipinski definition) is 4. The average molecular weight is 218 g/mol. The molecule has 1 aliphatic heterocycles. The largest absolute Gasteiger partial charge is 0.394 e. The Hall–Kier alpha value is -0.160. The lowest BCUT2D eigenvalue weighted by Crippen LogP contribution is -2.54. The average Bonchev–Trinajstić information content (AvgIpc) is 2.25. The van der Waals surface area contributed by atoms with Crippen molar-refractivity contribution in [2.24, 2.45) is 5.92 Å². The van der Waals surface area contributed by atoms with Crippen LogP contribution in [0.2, 0.25) is 0 Å². The van der Waals surface area contributed by atoms with Crippen molar-refractivity contribution in [2.45, 2.75) is 57.5 Å². The Morgan fingerprint density at radius 1 is 1.13 bits per heavy atom. The fraction of sp³-hybridized carbons (Fsp3) is 1.00. The monoisotopic (exact) mass is 218 g/mol. The molecule has 1 aliphatic rings. The van der Waals surface area contributed by atoms with Crippen LogP contribution in [0.1, 0.15) is 33.1 Å². The van der Waals surface area contributed by atoms with Gasteiger partial charge in [0.15, 0.2) is 0 Å². The van der Waals surface area contributed by atoms with Gasteiger partial charge in [0.05, 0.1) is 18.8 Å². The van der Waals surface area contributed by atoms with E-state index in [4.69, 9.17) is 9.84 Å². The first-order valence-corrected chi connectivity index (χ1v) is 5.74. The number of ether oxygens (including phenoxy) is 1. The van der Waals surface area contributed by atoms with Crippen molar-refractivity contribution in [3.05, 3.63) is 0 Å². The molecule has 1 heterocycles. The minimum Gasteiger partial charge on any atom is -0.394 e. The van der Waals surface area contributed by atoms with E-state index in [1.807, 2.05) is 6.92 Å². The number of hydrogen-bond donors (Lipinski definition) is 3. The van der Waals surface area contributed by atoms with Gasteiger partial charge in [0.2, 0.25) is 0 Å². The smallest absolute Gasteiger partial charge is 0.109 e. The minimum atomic E-state index is -0.970. The van der Waals surface area contributed by atoms with Crippen LogP contribution in [0, 0.1) is 5.92 Å². The molecule has 1 saturated heterocycles. The molecule has 0 aromatic heterocycles. The van der Waals surface area contributed by atoms with Crippen LogP contribution in [0.3, 0.4) is 0 Å². The van der Waals surface area contributed by atoms with Gasteiger partial charge >= 0.3 is 0 Å². The summed E-state index contributed by atoms with van der Waals surface area (Å²) in [5, 5.41) is 28.4. The van der Waals surface area contributed by atoms with Gasteiger partial charge in [-0.05, 0) is 6.42 Å². The molecule has 0 spiro atoms. The van der Waals surface area contributed by atoms with Gasteiger partial charge in [-0.15, -0.1) is 0 Å². The first kappa shape index (κ1) is 12.9. The maximum Gasteiger partial charge on any atom is 0.109 e. The summed E-state index contributed by atoms with van der Waals surface area (Å²) in [6.07, 6.45) is 0.530. The summed E-state index contributed by atoms with van der Waals surface area (Å²) in [7, 11) is 0. The molecule has 0 bridgehead atoms. The zero-order valence-electron chi connectivity index (χ0n) is 9.47. The molecule has 0 radical (unpaired) electrons. The lowest BCUT2D eigenvalue weighted by Gasteiger charge is -2.41. The zero-order valence-corrected chi connectivity index (χ0v) is 9.47. The molecule has 0 amide bonds. The minimum absolute atomic E-state index is 0.0551. The fourth-order valence-corrected chi connectivity index (χ4v) is 2.07. The second-order valence-corrected chi connectivity index (χ2v) is 4.38. The van der Waals surface area contributed by atoms with Crippen molar-refractivity contribution in [3.63, 3.8) is 0 Å². The highest BCUT2D eigenvalue weighted by atomic mass is 16.5. The molecule has 1 fully saturated rings. The van der Waals surface area contributed by atoms with Crippen LogP contribution in [0.25, 0.3) is 0 Å². The predicted octanol–water partition coefficient (Wildman–Crippen LogP) is 0.294. The van der Waals surface area contributed by atoms with Gasteiger partial charge in [-0.3, -0.25) is 0 Å². The van der Waals surface area contributed by atoms with Gasteiger partial charge in [-0.2, -0.15) is 0 Å². The van der Waals surface area contributed by atoms with Gasteiger partial charge in [0, 0.05) is 5.92 Å². The third kappa shape index (κ3) is 2.91. The lowest BCUT2D eigenvalue weighted by atomic mass is 9.86. The topological polar surface area (TPSA) is 69.9 Å². The first-order chi connectivity index (χ1) is 7.11. The van der Waals surface area contributed by atoms with Gasteiger partial charge in [0.25, 0.3) is 0 Å². The molecule has 4 nitrogen and oxygen atoms in total. The van der Waals surface area contributed by atoms with Gasteiger partial charge in [-0.25, -0.2) is 0 Å². The van der Waals surface area contributed by atoms with E-state index < -0.39 is 18.3 Å². The molecule has 5 unspecified atom stereocenters. The SMILES string of the molecule is CCCCC1OC(CO)C(O)C(O)C1C. The van der Waals surface area contributed by atoms with Crippen LogP contribution in [0.5, 0.6) is 0 Å². The molecule has 1 rings (SSSR count). The van der Waals surface area contributed by atoms with E-state index in [0.717, 1.165) is 19.3 Å². The van der Waals surface area contributed by atoms with E-state index in [9.17, 15) is 10.2 Å². The molecule has 4 heteroatoms. The summed E-state index contributed by atoms with van der Waals surface area (Å²) < 4.78 is 5.57.